The highest BCUT2D eigenvalue weighted by Crippen LogP contribution is 2.52. The van der Waals surface area contributed by atoms with E-state index in [1.165, 1.54) is 16.0 Å². The molecule has 1 aromatic carbocycles. The molecule has 2 rings (SSSR count). The molecule has 0 fully saturated rings. The predicted molar refractivity (Wildman–Crippen MR) is 94.1 cm³/mol. The average molecular weight is 303 g/mol. The molecule has 1 heterocycles. The number of fused-ring (bicyclic) bond motifs is 1. The Hall–Kier alpha value is -0.653. The minimum absolute atomic E-state index is 0.283. The van der Waals surface area contributed by atoms with Crippen molar-refractivity contribution in [3.8, 4) is 11.5 Å². The fourth-order valence-electron chi connectivity index (χ4n) is 2.26. The fourth-order valence-corrected chi connectivity index (χ4v) is 4.07. The van der Waals surface area contributed by atoms with E-state index in [4.69, 9.17) is 0 Å². The largest absolute Gasteiger partial charge is 0.129 e. The van der Waals surface area contributed by atoms with E-state index in [9.17, 15) is 0 Å². The summed E-state index contributed by atoms with van der Waals surface area (Å²) in [5.74, 6) is 3.39. The van der Waals surface area contributed by atoms with Gasteiger partial charge in [0.1, 0.15) is 8.07 Å². The van der Waals surface area contributed by atoms with Crippen LogP contribution in [0.1, 0.15) is 38.8 Å². The first-order valence-electron chi connectivity index (χ1n) is 7.35. The van der Waals surface area contributed by atoms with Crippen molar-refractivity contribution in [1.29, 1.82) is 0 Å². The van der Waals surface area contributed by atoms with Gasteiger partial charge in [0.25, 0.3) is 0 Å². The molecule has 0 saturated heterocycles. The fraction of sp³-hybridized carbons (Fsp3) is 0.556. The summed E-state index contributed by atoms with van der Waals surface area (Å²) >= 11 is 2.01. The second-order valence-corrected chi connectivity index (χ2v) is 14.4. The number of thioether (sulfide) groups is 1. The molecule has 20 heavy (non-hydrogen) atoms. The Balaban J connectivity index is 2.37. The summed E-state index contributed by atoms with van der Waals surface area (Å²) < 4.78 is 0.283. The molecule has 0 unspecified atom stereocenters. The molecule has 0 saturated carbocycles. The van der Waals surface area contributed by atoms with E-state index < -0.39 is 8.07 Å². The molecular formula is C18H26SSi. The van der Waals surface area contributed by atoms with E-state index in [2.05, 4.69) is 77.0 Å². The smallest absolute Gasteiger partial charge is 0.127 e. The molecule has 0 aromatic heterocycles. The molecule has 0 atom stereocenters. The zero-order valence-electron chi connectivity index (χ0n) is 13.8. The normalized spacial score (nSPS) is 19.8. The minimum atomic E-state index is -1.29. The van der Waals surface area contributed by atoms with Crippen molar-refractivity contribution < 1.29 is 0 Å². The molecule has 0 radical (unpaired) electrons. The van der Waals surface area contributed by atoms with Crippen LogP contribution in [0.4, 0.5) is 0 Å². The zero-order chi connectivity index (χ0) is 15.2. The van der Waals surface area contributed by atoms with Crippen LogP contribution in [-0.4, -0.2) is 12.8 Å². The number of benzene rings is 1. The molecule has 2 heteroatoms. The van der Waals surface area contributed by atoms with Gasteiger partial charge in [0.2, 0.25) is 0 Å². The number of hydrogen-bond acceptors (Lipinski definition) is 1. The highest BCUT2D eigenvalue weighted by Gasteiger charge is 2.42. The first kappa shape index (κ1) is 15.7. The number of rotatable bonds is 0. The van der Waals surface area contributed by atoms with Gasteiger partial charge in [-0.2, -0.15) is 0 Å². The van der Waals surface area contributed by atoms with Crippen LogP contribution in [0.5, 0.6) is 0 Å². The van der Waals surface area contributed by atoms with Crippen LogP contribution in [0.25, 0.3) is 0 Å². The summed E-state index contributed by atoms with van der Waals surface area (Å²) in [6, 6.07) is 6.77. The van der Waals surface area contributed by atoms with Crippen LogP contribution >= 0.6 is 11.8 Å². The molecule has 1 aromatic rings. The molecule has 0 amide bonds. The molecule has 0 aliphatic carbocycles. The van der Waals surface area contributed by atoms with Crippen LogP contribution in [0, 0.1) is 16.9 Å². The lowest BCUT2D eigenvalue weighted by Crippen LogP contribution is -2.40. The summed E-state index contributed by atoms with van der Waals surface area (Å²) in [5, 5.41) is 0. The topological polar surface area (TPSA) is 0 Å². The molecule has 0 nitrogen and oxygen atoms in total. The van der Waals surface area contributed by atoms with Gasteiger partial charge in [-0.05, 0) is 49.4 Å². The summed E-state index contributed by atoms with van der Waals surface area (Å²) in [4.78, 5) is 1.44. The van der Waals surface area contributed by atoms with Crippen molar-refractivity contribution in [2.75, 3.05) is 0 Å². The first-order chi connectivity index (χ1) is 9.00. The average Bonchev–Trinajstić information content (AvgIpc) is 2.26. The van der Waals surface area contributed by atoms with Gasteiger partial charge >= 0.3 is 0 Å². The lowest BCUT2D eigenvalue weighted by molar-refractivity contribution is 0.273. The van der Waals surface area contributed by atoms with E-state index in [0.717, 1.165) is 6.42 Å². The first-order valence-corrected chi connectivity index (χ1v) is 11.7. The van der Waals surface area contributed by atoms with Crippen LogP contribution < -0.4 is 0 Å². The maximum absolute atomic E-state index is 3.46. The maximum Gasteiger partial charge on any atom is 0.129 e. The van der Waals surface area contributed by atoms with Crippen molar-refractivity contribution in [2.24, 2.45) is 5.41 Å². The zero-order valence-corrected chi connectivity index (χ0v) is 15.7. The third-order valence-corrected chi connectivity index (χ3v) is 6.83. The molecule has 0 bridgehead atoms. The van der Waals surface area contributed by atoms with E-state index in [1.807, 2.05) is 11.8 Å². The minimum Gasteiger partial charge on any atom is -0.127 e. The Morgan fingerprint density at radius 2 is 1.75 bits per heavy atom. The van der Waals surface area contributed by atoms with Crippen LogP contribution in [-0.2, 0) is 6.42 Å². The van der Waals surface area contributed by atoms with Crippen molar-refractivity contribution in [2.45, 2.75) is 63.4 Å². The van der Waals surface area contributed by atoms with Gasteiger partial charge in [-0.15, -0.1) is 17.3 Å². The van der Waals surface area contributed by atoms with Crippen LogP contribution in [0.3, 0.4) is 0 Å². The Morgan fingerprint density at radius 1 is 1.10 bits per heavy atom. The molecule has 0 N–H and O–H groups in total. The number of hydrogen-bond donors (Lipinski definition) is 0. The Kier molecular flexibility index (Phi) is 3.90. The summed E-state index contributed by atoms with van der Waals surface area (Å²) in [7, 11) is -1.29. The lowest BCUT2D eigenvalue weighted by atomic mass is 9.75. The highest BCUT2D eigenvalue weighted by molar-refractivity contribution is 8.00. The van der Waals surface area contributed by atoms with E-state index >= 15 is 0 Å². The SMILES string of the molecule is CC1(C)Cc2cc(C#C[Si](C)(C)C)ccc2SC1(C)C. The Bertz CT molecular complexity index is 580. The second kappa shape index (κ2) is 4.96. The summed E-state index contributed by atoms with van der Waals surface area (Å²) in [6.07, 6.45) is 1.14. The van der Waals surface area contributed by atoms with Gasteiger partial charge in [0.05, 0.1) is 0 Å². The van der Waals surface area contributed by atoms with Crippen molar-refractivity contribution >= 4 is 19.8 Å². The van der Waals surface area contributed by atoms with Gasteiger partial charge in [0, 0.05) is 15.2 Å². The van der Waals surface area contributed by atoms with Gasteiger partial charge in [-0.3, -0.25) is 0 Å². The molecule has 0 spiro atoms. The standard InChI is InChI=1S/C18H26SSi/c1-17(2)13-15-12-14(10-11-20(5,6)7)8-9-16(15)19-18(17,3)4/h8-9,12H,13H2,1-7H3. The van der Waals surface area contributed by atoms with Crippen molar-refractivity contribution in [3.05, 3.63) is 29.3 Å². The molecular weight excluding hydrogens is 276 g/mol. The predicted octanol–water partition coefficient (Wildman–Crippen LogP) is 5.37. The summed E-state index contributed by atoms with van der Waals surface area (Å²) in [6.45, 7) is 16.4. The van der Waals surface area contributed by atoms with Crippen molar-refractivity contribution in [1.82, 2.24) is 0 Å². The monoisotopic (exact) mass is 302 g/mol. The van der Waals surface area contributed by atoms with Gasteiger partial charge < -0.3 is 0 Å². The molecule has 1 aliphatic rings. The molecule has 108 valence electrons. The Labute approximate surface area is 129 Å². The summed E-state index contributed by atoms with van der Waals surface area (Å²) in [5.41, 5.74) is 6.44. The van der Waals surface area contributed by atoms with Gasteiger partial charge in [-0.25, -0.2) is 0 Å². The van der Waals surface area contributed by atoms with E-state index in [1.54, 1.807) is 0 Å². The van der Waals surface area contributed by atoms with E-state index in [0.29, 0.717) is 5.41 Å². The Morgan fingerprint density at radius 3 is 2.35 bits per heavy atom. The van der Waals surface area contributed by atoms with Crippen LogP contribution in [0.15, 0.2) is 23.1 Å². The third kappa shape index (κ3) is 3.32. The van der Waals surface area contributed by atoms with E-state index in [-0.39, 0.29) is 4.75 Å². The third-order valence-electron chi connectivity index (χ3n) is 4.27. The quantitative estimate of drug-likeness (QED) is 0.459. The second-order valence-electron chi connectivity index (χ2n) is 8.00. The lowest BCUT2D eigenvalue weighted by Gasteiger charge is -2.45. The van der Waals surface area contributed by atoms with Crippen molar-refractivity contribution in [3.63, 3.8) is 0 Å². The van der Waals surface area contributed by atoms with Gasteiger partial charge in [-0.1, -0.05) is 39.4 Å². The molecule has 1 aliphatic heterocycles. The van der Waals surface area contributed by atoms with Crippen LogP contribution in [0.2, 0.25) is 19.6 Å². The highest BCUT2D eigenvalue weighted by atomic mass is 32.2. The maximum atomic E-state index is 3.46. The van der Waals surface area contributed by atoms with Gasteiger partial charge in [0.15, 0.2) is 0 Å².